The molecule has 0 saturated heterocycles. The summed E-state index contributed by atoms with van der Waals surface area (Å²) in [5.41, 5.74) is -1.52. The molecule has 2 aromatic heterocycles. The Balaban J connectivity index is 2.06. The minimum absolute atomic E-state index is 0.0650. The molecular weight excluding hydrogens is 355 g/mol. The van der Waals surface area contributed by atoms with E-state index >= 15 is 0 Å². The van der Waals surface area contributed by atoms with E-state index in [9.17, 15) is 22.8 Å². The summed E-state index contributed by atoms with van der Waals surface area (Å²) in [4.78, 5) is 26.3. The van der Waals surface area contributed by atoms with Crippen LogP contribution < -0.4 is 14.8 Å². The van der Waals surface area contributed by atoms with Gasteiger partial charge in [-0.1, -0.05) is 18.2 Å². The largest absolute Gasteiger partial charge is 0.461 e. The lowest BCUT2D eigenvalue weighted by atomic mass is 10.1. The van der Waals surface area contributed by atoms with Crippen LogP contribution in [0.4, 0.5) is 13.2 Å². The summed E-state index contributed by atoms with van der Waals surface area (Å²) < 4.78 is 44.3. The molecule has 0 saturated carbocycles. The molecule has 0 radical (unpaired) electrons. The van der Waals surface area contributed by atoms with Crippen LogP contribution in [0.1, 0.15) is 21.7 Å². The second kappa shape index (κ2) is 6.56. The van der Waals surface area contributed by atoms with E-state index in [0.29, 0.717) is 0 Å². The molecule has 128 valence electrons. The van der Waals surface area contributed by atoms with Gasteiger partial charge in [-0.3, -0.25) is 9.59 Å². The monoisotopic (exact) mass is 365 g/mol. The molecule has 0 aliphatic carbocycles. The number of carbonyl (C=O) groups excluding carboxylic acids is 1. The fourth-order valence-corrected chi connectivity index (χ4v) is 3.03. The van der Waals surface area contributed by atoms with Crippen molar-refractivity contribution in [1.29, 1.82) is 0 Å². The molecule has 0 aliphatic heterocycles. The minimum atomic E-state index is -4.53. The Morgan fingerprint density at radius 1 is 1.16 bits per heavy atom. The van der Waals surface area contributed by atoms with Gasteiger partial charge in [-0.25, -0.2) is 0 Å². The summed E-state index contributed by atoms with van der Waals surface area (Å²) in [6, 6.07) is 7.97. The average molecular weight is 365 g/mol. The Morgan fingerprint density at radius 2 is 1.92 bits per heavy atom. The van der Waals surface area contributed by atoms with Gasteiger partial charge in [0.05, 0.1) is 21.0 Å². The van der Waals surface area contributed by atoms with Gasteiger partial charge in [0.2, 0.25) is 5.78 Å². The Labute approximate surface area is 142 Å². The number of hydrogen-bond donors (Lipinski definition) is 1. The lowest BCUT2D eigenvalue weighted by molar-refractivity contribution is -0.137. The predicted molar refractivity (Wildman–Crippen MR) is 86.7 cm³/mol. The Bertz CT molecular complexity index is 1080. The van der Waals surface area contributed by atoms with Crippen LogP contribution in [-0.2, 0) is 6.18 Å². The number of nitrogens with one attached hydrogen (secondary N) is 1. The summed E-state index contributed by atoms with van der Waals surface area (Å²) >= 11 is 0.890. The number of halogens is 3. The highest BCUT2D eigenvalue weighted by Gasteiger charge is 2.32. The zero-order valence-corrected chi connectivity index (χ0v) is 13.3. The number of aromatic amines is 1. The lowest BCUT2D eigenvalue weighted by Gasteiger charge is -2.09. The molecule has 1 aromatic carbocycles. The fourth-order valence-electron chi connectivity index (χ4n) is 2.16. The van der Waals surface area contributed by atoms with Crippen LogP contribution in [-0.4, -0.2) is 10.8 Å². The Kier molecular flexibility index (Phi) is 4.45. The first-order valence-corrected chi connectivity index (χ1v) is 7.83. The average Bonchev–Trinajstić information content (AvgIpc) is 3.18. The van der Waals surface area contributed by atoms with Crippen LogP contribution in [0.5, 0.6) is 0 Å². The van der Waals surface area contributed by atoms with Crippen molar-refractivity contribution in [3.63, 3.8) is 0 Å². The second-order valence-electron chi connectivity index (χ2n) is 5.00. The number of rotatable bonds is 3. The van der Waals surface area contributed by atoms with Crippen LogP contribution in [0, 0.1) is 0 Å². The molecule has 0 aliphatic rings. The van der Waals surface area contributed by atoms with Crippen LogP contribution in [0.3, 0.4) is 0 Å². The molecule has 4 nitrogen and oxygen atoms in total. The number of ketones is 1. The third-order valence-electron chi connectivity index (χ3n) is 3.26. The van der Waals surface area contributed by atoms with Gasteiger partial charge in [-0.2, -0.15) is 13.2 Å². The molecule has 0 spiro atoms. The number of Topliss-reactive ketones (excluding diaryl/α,β-unsaturated/α-hetero) is 1. The zero-order chi connectivity index (χ0) is 18.0. The Hall–Kier alpha value is -2.87. The van der Waals surface area contributed by atoms with Crippen molar-refractivity contribution < 1.29 is 22.4 Å². The molecule has 0 fully saturated rings. The third-order valence-corrected chi connectivity index (χ3v) is 4.22. The van der Waals surface area contributed by atoms with Crippen molar-refractivity contribution in [2.24, 2.45) is 0 Å². The molecule has 1 N–H and O–H groups in total. The molecule has 3 rings (SSSR count). The smallest absolute Gasteiger partial charge is 0.416 e. The molecule has 0 bridgehead atoms. The molecule has 0 amide bonds. The normalized spacial score (nSPS) is 13.4. The van der Waals surface area contributed by atoms with E-state index in [1.165, 1.54) is 30.5 Å². The van der Waals surface area contributed by atoms with Crippen molar-refractivity contribution >= 4 is 29.3 Å². The van der Waals surface area contributed by atoms with Crippen molar-refractivity contribution in [3.8, 4) is 0 Å². The van der Waals surface area contributed by atoms with Gasteiger partial charge < -0.3 is 9.40 Å². The highest BCUT2D eigenvalue weighted by atomic mass is 32.1. The highest BCUT2D eigenvalue weighted by molar-refractivity contribution is 7.07. The maximum Gasteiger partial charge on any atom is 0.416 e. The summed E-state index contributed by atoms with van der Waals surface area (Å²) in [6.07, 6.45) is -0.869. The van der Waals surface area contributed by atoms with Gasteiger partial charge in [-0.15, -0.1) is 11.3 Å². The number of alkyl halides is 3. The van der Waals surface area contributed by atoms with E-state index in [-0.39, 0.29) is 20.5 Å². The maximum atomic E-state index is 13.0. The molecule has 3 aromatic rings. The van der Waals surface area contributed by atoms with E-state index in [1.807, 2.05) is 0 Å². The number of carbonyl (C=O) groups is 1. The first-order valence-electron chi connectivity index (χ1n) is 7.01. The van der Waals surface area contributed by atoms with E-state index in [4.69, 9.17) is 4.42 Å². The number of H-pyrrole nitrogens is 1. The summed E-state index contributed by atoms with van der Waals surface area (Å²) in [7, 11) is 0. The lowest BCUT2D eigenvalue weighted by Crippen LogP contribution is -2.20. The quantitative estimate of drug-likeness (QED) is 0.726. The number of aromatic nitrogens is 1. The van der Waals surface area contributed by atoms with Crippen molar-refractivity contribution in [2.45, 2.75) is 6.18 Å². The van der Waals surface area contributed by atoms with E-state index in [1.54, 1.807) is 6.07 Å². The number of benzene rings is 1. The topological polar surface area (TPSA) is 63.1 Å². The fraction of sp³-hybridized carbons (Fsp3) is 0.0588. The van der Waals surface area contributed by atoms with Gasteiger partial charge in [0.15, 0.2) is 5.76 Å². The van der Waals surface area contributed by atoms with Crippen LogP contribution in [0.15, 0.2) is 51.9 Å². The van der Waals surface area contributed by atoms with Gasteiger partial charge in [0, 0.05) is 6.08 Å². The van der Waals surface area contributed by atoms with Crippen LogP contribution in [0.25, 0.3) is 12.2 Å². The summed E-state index contributed by atoms with van der Waals surface area (Å²) in [5.74, 6) is -0.355. The van der Waals surface area contributed by atoms with Gasteiger partial charge in [0.1, 0.15) is 0 Å². The maximum absolute atomic E-state index is 13.0. The van der Waals surface area contributed by atoms with E-state index in [0.717, 1.165) is 29.6 Å². The third kappa shape index (κ3) is 3.80. The molecule has 2 heterocycles. The molecular formula is C17H10F3NO3S. The van der Waals surface area contributed by atoms with Crippen molar-refractivity contribution in [1.82, 2.24) is 4.98 Å². The minimum Gasteiger partial charge on any atom is -0.461 e. The standard InChI is InChI=1S/C17H10F3NO3S/c18-17(19,20)11-5-2-1-4-10(11)8-14-16(23)21-15(25-14)9-12(22)13-6-3-7-24-13/h1-9H,(H,21,23)/b14-8-,15-9-. The van der Waals surface area contributed by atoms with Crippen LogP contribution >= 0.6 is 11.3 Å². The molecule has 8 heteroatoms. The number of furan rings is 1. The van der Waals surface area contributed by atoms with Gasteiger partial charge >= 0.3 is 6.18 Å². The second-order valence-corrected chi connectivity index (χ2v) is 6.08. The first kappa shape index (κ1) is 17.0. The van der Waals surface area contributed by atoms with Crippen molar-refractivity contribution in [3.05, 3.63) is 79.1 Å². The van der Waals surface area contributed by atoms with Crippen LogP contribution in [0.2, 0.25) is 0 Å². The van der Waals surface area contributed by atoms with Crippen molar-refractivity contribution in [2.75, 3.05) is 0 Å². The van der Waals surface area contributed by atoms with E-state index < -0.39 is 23.1 Å². The SMILES string of the molecule is O=C(/C=c1/[nH]c(=O)/c(=C/c2ccccc2C(F)(F)F)s1)c1ccco1. The summed E-state index contributed by atoms with van der Waals surface area (Å²) in [6.45, 7) is 0. The molecule has 0 atom stereocenters. The number of thiazole rings is 1. The molecule has 0 unspecified atom stereocenters. The van der Waals surface area contributed by atoms with E-state index in [2.05, 4.69) is 4.98 Å². The number of hydrogen-bond acceptors (Lipinski definition) is 4. The van der Waals surface area contributed by atoms with Gasteiger partial charge in [-0.05, 0) is 29.8 Å². The van der Waals surface area contributed by atoms with Gasteiger partial charge in [0.25, 0.3) is 5.56 Å². The zero-order valence-electron chi connectivity index (χ0n) is 12.5. The summed E-state index contributed by atoms with van der Waals surface area (Å²) in [5, 5.41) is 0. The Morgan fingerprint density at radius 3 is 2.60 bits per heavy atom. The first-order chi connectivity index (χ1) is 11.8. The highest BCUT2D eigenvalue weighted by Crippen LogP contribution is 2.31. The molecule has 25 heavy (non-hydrogen) atoms. The predicted octanol–water partition coefficient (Wildman–Crippen LogP) is 2.54.